The number of carbonyl (C=O) groups is 2. The van der Waals surface area contributed by atoms with Crippen LogP contribution in [0.2, 0.25) is 0 Å². The molecule has 2 heterocycles. The molecular weight excluding hydrogens is 340 g/mol. The Morgan fingerprint density at radius 3 is 2.44 bits per heavy atom. The van der Waals surface area contributed by atoms with Crippen molar-refractivity contribution in [3.8, 4) is 0 Å². The number of benzene rings is 1. The van der Waals surface area contributed by atoms with E-state index < -0.39 is 11.8 Å². The third-order valence-corrected chi connectivity index (χ3v) is 4.86. The summed E-state index contributed by atoms with van der Waals surface area (Å²) < 4.78 is 0. The second-order valence-electron chi connectivity index (χ2n) is 7.18. The third kappa shape index (κ3) is 5.29. The summed E-state index contributed by atoms with van der Waals surface area (Å²) in [5.74, 6) is -0.812. The molecule has 142 valence electrons. The minimum Gasteiger partial charge on any atom is -0.370 e. The lowest BCUT2D eigenvalue weighted by Crippen LogP contribution is -2.41. The van der Waals surface area contributed by atoms with Crippen LogP contribution in [-0.2, 0) is 9.59 Å². The van der Waals surface area contributed by atoms with Crippen LogP contribution < -0.4 is 15.5 Å². The summed E-state index contributed by atoms with van der Waals surface area (Å²) in [5, 5.41) is 5.45. The van der Waals surface area contributed by atoms with Crippen molar-refractivity contribution >= 4 is 23.2 Å². The van der Waals surface area contributed by atoms with E-state index in [9.17, 15) is 9.59 Å². The highest BCUT2D eigenvalue weighted by molar-refractivity contribution is 6.39. The zero-order chi connectivity index (χ0) is 19.2. The molecule has 1 aliphatic rings. The number of aryl methyl sites for hydroxylation is 2. The van der Waals surface area contributed by atoms with Crippen molar-refractivity contribution < 1.29 is 9.59 Å². The summed E-state index contributed by atoms with van der Waals surface area (Å²) in [7, 11) is 0. The van der Waals surface area contributed by atoms with E-state index in [4.69, 9.17) is 0 Å². The van der Waals surface area contributed by atoms with Crippen LogP contribution in [0.25, 0.3) is 0 Å². The molecular formula is C21H26N4O2. The van der Waals surface area contributed by atoms with E-state index in [-0.39, 0.29) is 0 Å². The standard InChI is InChI=1S/C21H26N4O2/c1-15-10-16(2)12-18(11-15)24-21(27)20(26)23-13-17-5-8-25(9-6-17)19-4-3-7-22-14-19/h3-4,7,10-12,14,17H,5-6,8-9,13H2,1-2H3,(H,23,26)(H,24,27). The predicted octanol–water partition coefficient (Wildman–Crippen LogP) is 2.67. The molecule has 6 nitrogen and oxygen atoms in total. The van der Waals surface area contributed by atoms with Gasteiger partial charge < -0.3 is 15.5 Å². The van der Waals surface area contributed by atoms with E-state index in [1.807, 2.05) is 44.3 Å². The van der Waals surface area contributed by atoms with Gasteiger partial charge in [0.1, 0.15) is 0 Å². The molecule has 27 heavy (non-hydrogen) atoms. The van der Waals surface area contributed by atoms with Gasteiger partial charge >= 0.3 is 11.8 Å². The molecule has 0 spiro atoms. The second-order valence-corrected chi connectivity index (χ2v) is 7.18. The summed E-state index contributed by atoms with van der Waals surface area (Å²) in [5.41, 5.74) is 3.88. The van der Waals surface area contributed by atoms with Crippen LogP contribution in [0.1, 0.15) is 24.0 Å². The number of hydrogen-bond donors (Lipinski definition) is 2. The normalized spacial score (nSPS) is 14.7. The number of pyridine rings is 1. The maximum absolute atomic E-state index is 12.1. The molecule has 2 aromatic rings. The van der Waals surface area contributed by atoms with Gasteiger partial charge in [0.2, 0.25) is 0 Å². The number of hydrogen-bond acceptors (Lipinski definition) is 4. The van der Waals surface area contributed by atoms with E-state index in [2.05, 4.69) is 26.6 Å². The van der Waals surface area contributed by atoms with Gasteiger partial charge in [0, 0.05) is 31.5 Å². The Hall–Kier alpha value is -2.89. The Morgan fingerprint density at radius 2 is 1.81 bits per heavy atom. The molecule has 1 aromatic heterocycles. The molecule has 2 amide bonds. The van der Waals surface area contributed by atoms with Crippen molar-refractivity contribution in [3.63, 3.8) is 0 Å². The average molecular weight is 366 g/mol. The fourth-order valence-electron chi connectivity index (χ4n) is 3.49. The highest BCUT2D eigenvalue weighted by atomic mass is 16.2. The second kappa shape index (κ2) is 8.66. The number of nitrogens with zero attached hydrogens (tertiary/aromatic N) is 2. The highest BCUT2D eigenvalue weighted by Gasteiger charge is 2.21. The first-order chi connectivity index (χ1) is 13.0. The van der Waals surface area contributed by atoms with Gasteiger partial charge in [0.05, 0.1) is 11.9 Å². The Balaban J connectivity index is 1.43. The molecule has 0 aliphatic carbocycles. The lowest BCUT2D eigenvalue weighted by Gasteiger charge is -2.33. The molecule has 0 bridgehead atoms. The molecule has 3 rings (SSSR count). The molecule has 1 saturated heterocycles. The molecule has 6 heteroatoms. The first kappa shape index (κ1) is 18.9. The number of anilines is 2. The third-order valence-electron chi connectivity index (χ3n) is 4.86. The van der Waals surface area contributed by atoms with E-state index in [1.54, 1.807) is 6.20 Å². The summed E-state index contributed by atoms with van der Waals surface area (Å²) in [6, 6.07) is 9.73. The smallest absolute Gasteiger partial charge is 0.313 e. The Labute approximate surface area is 160 Å². The van der Waals surface area contributed by atoms with Crippen LogP contribution in [-0.4, -0.2) is 36.4 Å². The quantitative estimate of drug-likeness (QED) is 0.816. The van der Waals surface area contributed by atoms with Crippen molar-refractivity contribution in [2.75, 3.05) is 29.9 Å². The molecule has 0 saturated carbocycles. The zero-order valence-electron chi connectivity index (χ0n) is 15.9. The van der Waals surface area contributed by atoms with Crippen LogP contribution >= 0.6 is 0 Å². The summed E-state index contributed by atoms with van der Waals surface area (Å²) in [6.45, 7) is 6.31. The van der Waals surface area contributed by atoms with Gasteiger partial charge in [-0.1, -0.05) is 6.07 Å². The monoisotopic (exact) mass is 366 g/mol. The van der Waals surface area contributed by atoms with Crippen molar-refractivity contribution in [2.24, 2.45) is 5.92 Å². The SMILES string of the molecule is Cc1cc(C)cc(NC(=O)C(=O)NCC2CCN(c3cccnc3)CC2)c1. The summed E-state index contributed by atoms with van der Waals surface area (Å²) in [4.78, 5) is 30.7. The van der Waals surface area contributed by atoms with Crippen LogP contribution in [0, 0.1) is 19.8 Å². The maximum atomic E-state index is 12.1. The molecule has 1 fully saturated rings. The van der Waals surface area contributed by atoms with Crippen molar-refractivity contribution in [3.05, 3.63) is 53.9 Å². The van der Waals surface area contributed by atoms with Crippen LogP contribution in [0.4, 0.5) is 11.4 Å². The lowest BCUT2D eigenvalue weighted by molar-refractivity contribution is -0.136. The number of amides is 2. The summed E-state index contributed by atoms with van der Waals surface area (Å²) in [6.07, 6.45) is 5.61. The van der Waals surface area contributed by atoms with Crippen LogP contribution in [0.15, 0.2) is 42.7 Å². The number of piperidine rings is 1. The van der Waals surface area contributed by atoms with E-state index in [0.29, 0.717) is 18.2 Å². The molecule has 0 atom stereocenters. The fraction of sp³-hybridized carbons (Fsp3) is 0.381. The van der Waals surface area contributed by atoms with Gasteiger partial charge in [-0.2, -0.15) is 0 Å². The lowest BCUT2D eigenvalue weighted by atomic mass is 9.96. The predicted molar refractivity (Wildman–Crippen MR) is 107 cm³/mol. The maximum Gasteiger partial charge on any atom is 0.313 e. The van der Waals surface area contributed by atoms with Crippen molar-refractivity contribution in [1.29, 1.82) is 0 Å². The van der Waals surface area contributed by atoms with Gasteiger partial charge in [0.25, 0.3) is 0 Å². The average Bonchev–Trinajstić information content (AvgIpc) is 2.66. The van der Waals surface area contributed by atoms with Gasteiger partial charge in [-0.25, -0.2) is 0 Å². The fourth-order valence-corrected chi connectivity index (χ4v) is 3.49. The number of rotatable bonds is 4. The van der Waals surface area contributed by atoms with Crippen molar-refractivity contribution in [2.45, 2.75) is 26.7 Å². The molecule has 1 aliphatic heterocycles. The number of nitrogens with one attached hydrogen (secondary N) is 2. The largest absolute Gasteiger partial charge is 0.370 e. The first-order valence-electron chi connectivity index (χ1n) is 9.34. The van der Waals surface area contributed by atoms with Crippen LogP contribution in [0.3, 0.4) is 0 Å². The topological polar surface area (TPSA) is 74.3 Å². The van der Waals surface area contributed by atoms with Gasteiger partial charge in [-0.15, -0.1) is 0 Å². The van der Waals surface area contributed by atoms with Gasteiger partial charge in [0.15, 0.2) is 0 Å². The Bertz CT molecular complexity index is 779. The molecule has 0 unspecified atom stereocenters. The zero-order valence-corrected chi connectivity index (χ0v) is 15.9. The Kier molecular flexibility index (Phi) is 6.06. The molecule has 0 radical (unpaired) electrons. The van der Waals surface area contributed by atoms with Crippen molar-refractivity contribution in [1.82, 2.24) is 10.3 Å². The minimum atomic E-state index is -0.618. The van der Waals surface area contributed by atoms with Gasteiger partial charge in [-0.3, -0.25) is 14.6 Å². The summed E-state index contributed by atoms with van der Waals surface area (Å²) >= 11 is 0. The number of aromatic nitrogens is 1. The molecule has 2 N–H and O–H groups in total. The van der Waals surface area contributed by atoms with Gasteiger partial charge in [-0.05, 0) is 68.0 Å². The van der Waals surface area contributed by atoms with E-state index in [0.717, 1.165) is 42.7 Å². The van der Waals surface area contributed by atoms with E-state index in [1.165, 1.54) is 0 Å². The van der Waals surface area contributed by atoms with Crippen LogP contribution in [0.5, 0.6) is 0 Å². The number of carbonyl (C=O) groups excluding carboxylic acids is 2. The first-order valence-corrected chi connectivity index (χ1v) is 9.34. The molecule has 1 aromatic carbocycles. The highest BCUT2D eigenvalue weighted by Crippen LogP contribution is 2.22. The Morgan fingerprint density at radius 1 is 1.11 bits per heavy atom. The van der Waals surface area contributed by atoms with E-state index >= 15 is 0 Å². The minimum absolute atomic E-state index is 0.385.